The molecule has 0 spiro atoms. The summed E-state index contributed by atoms with van der Waals surface area (Å²) in [5.41, 5.74) is 7.98. The highest BCUT2D eigenvalue weighted by Gasteiger charge is 2.29. The third-order valence-corrected chi connectivity index (χ3v) is 7.00. The van der Waals surface area contributed by atoms with E-state index in [1.165, 1.54) is 6.08 Å². The fourth-order valence-electron chi connectivity index (χ4n) is 4.84. The van der Waals surface area contributed by atoms with Gasteiger partial charge in [-0.1, -0.05) is 54.1 Å². The highest BCUT2D eigenvalue weighted by Crippen LogP contribution is 2.32. The van der Waals surface area contributed by atoms with Gasteiger partial charge in [0.15, 0.2) is 0 Å². The van der Waals surface area contributed by atoms with Gasteiger partial charge in [0, 0.05) is 46.9 Å². The van der Waals surface area contributed by atoms with Gasteiger partial charge in [-0.2, -0.15) is 0 Å². The zero-order valence-corrected chi connectivity index (χ0v) is 24.4. The van der Waals surface area contributed by atoms with Crippen molar-refractivity contribution in [3.63, 3.8) is 0 Å². The quantitative estimate of drug-likeness (QED) is 0.195. The number of carbonyl (C=O) groups excluding carboxylic acids is 2. The minimum atomic E-state index is -0.530. The van der Waals surface area contributed by atoms with Crippen molar-refractivity contribution in [1.29, 1.82) is 0 Å². The summed E-state index contributed by atoms with van der Waals surface area (Å²) in [6, 6.07) is 16.8. The van der Waals surface area contributed by atoms with Crippen molar-refractivity contribution in [1.82, 2.24) is 25.2 Å². The molecule has 10 nitrogen and oxygen atoms in total. The van der Waals surface area contributed by atoms with Gasteiger partial charge in [-0.05, 0) is 57.6 Å². The molecule has 4 aromatic rings. The summed E-state index contributed by atoms with van der Waals surface area (Å²) in [6.07, 6.45) is 7.75. The van der Waals surface area contributed by atoms with Crippen LogP contribution < -0.4 is 16.4 Å². The molecule has 1 aliphatic carbocycles. The van der Waals surface area contributed by atoms with Crippen molar-refractivity contribution in [2.75, 3.05) is 26.0 Å². The Morgan fingerprint density at radius 2 is 1.81 bits per heavy atom. The molecule has 0 radical (unpaired) electrons. The number of amides is 2. The number of nitrogens with two attached hydrogens (primary N) is 1. The van der Waals surface area contributed by atoms with Crippen LogP contribution in [0.5, 0.6) is 0 Å². The van der Waals surface area contributed by atoms with Crippen molar-refractivity contribution in [3.05, 3.63) is 89.7 Å². The van der Waals surface area contributed by atoms with E-state index in [1.807, 2.05) is 67.7 Å². The van der Waals surface area contributed by atoms with Crippen LogP contribution in [-0.4, -0.2) is 75.6 Å². The number of benzene rings is 2. The zero-order chi connectivity index (χ0) is 30.1. The number of halogens is 1. The second-order valence-electron chi connectivity index (χ2n) is 10.4. The fourth-order valence-corrected chi connectivity index (χ4v) is 5.03. The Morgan fingerprint density at radius 3 is 2.55 bits per heavy atom. The summed E-state index contributed by atoms with van der Waals surface area (Å²) < 4.78 is 0. The maximum absolute atomic E-state index is 12.5. The lowest BCUT2D eigenvalue weighted by Crippen LogP contribution is -2.46. The average Bonchev–Trinajstić information content (AvgIpc) is 3.38. The second-order valence-corrected chi connectivity index (χ2v) is 10.9. The molecule has 5 rings (SSSR count). The predicted molar refractivity (Wildman–Crippen MR) is 166 cm³/mol. The highest BCUT2D eigenvalue weighted by atomic mass is 35.5. The molecule has 220 valence electrons. The second kappa shape index (κ2) is 14.6. The number of H-pyrrole nitrogens is 1. The van der Waals surface area contributed by atoms with E-state index in [0.29, 0.717) is 41.5 Å². The number of anilines is 1. The van der Waals surface area contributed by atoms with Gasteiger partial charge < -0.3 is 31.4 Å². The molecule has 0 bridgehead atoms. The van der Waals surface area contributed by atoms with Crippen LogP contribution in [0.2, 0.25) is 5.02 Å². The number of fused-ring (bicyclic) bond motifs is 1. The number of aliphatic hydroxyl groups is 1. The Labute approximate surface area is 250 Å². The number of aromatic amines is 1. The van der Waals surface area contributed by atoms with Crippen LogP contribution in [0.1, 0.15) is 29.6 Å². The third kappa shape index (κ3) is 8.62. The number of primary amides is 1. The van der Waals surface area contributed by atoms with Crippen molar-refractivity contribution in [2.45, 2.75) is 37.5 Å². The number of rotatable bonds is 8. The minimum Gasteiger partial charge on any atom is -0.393 e. The molecule has 3 unspecified atom stereocenters. The van der Waals surface area contributed by atoms with Gasteiger partial charge in [0.1, 0.15) is 0 Å². The van der Waals surface area contributed by atoms with E-state index in [4.69, 9.17) is 17.3 Å². The smallest absolute Gasteiger partial charge is 0.251 e. The predicted octanol–water partition coefficient (Wildman–Crippen LogP) is 3.99. The Balaban J connectivity index is 0.000000392. The number of hydrogen-bond acceptors (Lipinski definition) is 7. The molecule has 1 aliphatic rings. The van der Waals surface area contributed by atoms with Crippen molar-refractivity contribution < 1.29 is 14.7 Å². The lowest BCUT2D eigenvalue weighted by atomic mass is 9.88. The van der Waals surface area contributed by atoms with Gasteiger partial charge in [0.05, 0.1) is 23.0 Å². The Bertz CT molecular complexity index is 1520. The van der Waals surface area contributed by atoms with Crippen molar-refractivity contribution in [2.24, 2.45) is 5.73 Å². The van der Waals surface area contributed by atoms with Crippen LogP contribution >= 0.6 is 11.6 Å². The molecule has 1 fully saturated rings. The largest absolute Gasteiger partial charge is 0.393 e. The first-order chi connectivity index (χ1) is 20.2. The highest BCUT2D eigenvalue weighted by molar-refractivity contribution is 6.33. The third-order valence-electron chi connectivity index (χ3n) is 6.73. The number of likely N-dealkylation sites (N-methyl/N-ethyl adjacent to an activating group) is 1. The van der Waals surface area contributed by atoms with Crippen molar-refractivity contribution in [3.8, 4) is 11.3 Å². The monoisotopic (exact) mass is 589 g/mol. The maximum Gasteiger partial charge on any atom is 0.251 e. The van der Waals surface area contributed by atoms with Crippen molar-refractivity contribution >= 4 is 40.3 Å². The normalized spacial score (nSPS) is 18.5. The van der Waals surface area contributed by atoms with Crippen LogP contribution in [-0.2, 0) is 4.79 Å². The number of carbonyl (C=O) groups is 2. The van der Waals surface area contributed by atoms with Crippen LogP contribution in [0.25, 0.3) is 22.2 Å². The molecule has 2 amide bonds. The van der Waals surface area contributed by atoms with E-state index >= 15 is 0 Å². The first-order valence-corrected chi connectivity index (χ1v) is 14.1. The standard InChI is InChI=1S/C25H24ClN5O2.C6H12N2O/c26-21-14-28-25(31-23(21)20-13-27-22-9-5-4-8-19(20)22)30-17-10-16(11-18(32)12-17)29-24(33)15-6-2-1-3-7-15;1-8(2)5-3-4-6(7)9/h1-9,13-14,16-18,27,32H,10-12H2,(H,29,33)(H,28,30,31);3-4H,5H2,1-2H3,(H2,7,9)/b;4-3+. The van der Waals surface area contributed by atoms with E-state index in [1.54, 1.807) is 24.4 Å². The number of nitrogens with one attached hydrogen (secondary N) is 3. The molecule has 1 saturated carbocycles. The molecule has 6 N–H and O–H groups in total. The van der Waals surface area contributed by atoms with E-state index in [-0.39, 0.29) is 18.0 Å². The van der Waals surface area contributed by atoms with E-state index in [2.05, 4.69) is 25.6 Å². The van der Waals surface area contributed by atoms with Gasteiger partial charge in [-0.15, -0.1) is 0 Å². The Morgan fingerprint density at radius 1 is 1.10 bits per heavy atom. The lowest BCUT2D eigenvalue weighted by molar-refractivity contribution is -0.113. The van der Waals surface area contributed by atoms with Gasteiger partial charge in [-0.3, -0.25) is 9.59 Å². The van der Waals surface area contributed by atoms with Crippen LogP contribution in [0.3, 0.4) is 0 Å². The lowest BCUT2D eigenvalue weighted by Gasteiger charge is -2.33. The topological polar surface area (TPSA) is 149 Å². The molecule has 0 aliphatic heterocycles. The molecule has 42 heavy (non-hydrogen) atoms. The fraction of sp³-hybridized carbons (Fsp3) is 0.290. The number of aromatic nitrogens is 3. The molecule has 2 aromatic carbocycles. The average molecular weight is 590 g/mol. The molecule has 2 heterocycles. The summed E-state index contributed by atoms with van der Waals surface area (Å²) in [6.45, 7) is 0.753. The molecule has 11 heteroatoms. The number of nitrogens with zero attached hydrogens (tertiary/aromatic N) is 3. The summed E-state index contributed by atoms with van der Waals surface area (Å²) in [5, 5.41) is 18.3. The van der Waals surface area contributed by atoms with Crippen LogP contribution in [0.4, 0.5) is 5.95 Å². The van der Waals surface area contributed by atoms with E-state index in [0.717, 1.165) is 23.0 Å². The number of aliphatic hydroxyl groups excluding tert-OH is 1. The zero-order valence-electron chi connectivity index (χ0n) is 23.6. The Kier molecular flexibility index (Phi) is 10.7. The van der Waals surface area contributed by atoms with Gasteiger partial charge in [0.25, 0.3) is 5.91 Å². The summed E-state index contributed by atoms with van der Waals surface area (Å²) in [7, 11) is 3.84. The van der Waals surface area contributed by atoms with E-state index in [9.17, 15) is 14.7 Å². The first-order valence-electron chi connectivity index (χ1n) is 13.7. The van der Waals surface area contributed by atoms with Crippen LogP contribution in [0.15, 0.2) is 79.1 Å². The first kappa shape index (κ1) is 30.7. The molecule has 2 aromatic heterocycles. The summed E-state index contributed by atoms with van der Waals surface area (Å²) in [5.74, 6) is -0.0958. The van der Waals surface area contributed by atoms with Gasteiger partial charge in [0.2, 0.25) is 11.9 Å². The van der Waals surface area contributed by atoms with Gasteiger partial charge in [-0.25, -0.2) is 9.97 Å². The Hall–Kier alpha value is -4.25. The number of hydrogen-bond donors (Lipinski definition) is 5. The van der Waals surface area contributed by atoms with Gasteiger partial charge >= 0.3 is 0 Å². The van der Waals surface area contributed by atoms with E-state index < -0.39 is 12.0 Å². The summed E-state index contributed by atoms with van der Waals surface area (Å²) >= 11 is 6.44. The molecular formula is C31H36ClN7O3. The molecule has 0 saturated heterocycles. The number of para-hydroxylation sites is 1. The summed E-state index contributed by atoms with van der Waals surface area (Å²) in [4.78, 5) is 36.9. The molecular weight excluding hydrogens is 554 g/mol. The van der Waals surface area contributed by atoms with Crippen LogP contribution in [0, 0.1) is 0 Å². The molecule has 3 atom stereocenters. The minimum absolute atomic E-state index is 0.0909. The maximum atomic E-state index is 12.5. The SMILES string of the molecule is CN(C)C/C=C/C(N)=O.O=C(NC1CC(O)CC(Nc2ncc(Cl)c(-c3c[nH]c4ccccc34)n2)C1)c1ccccc1.